The van der Waals surface area contributed by atoms with Gasteiger partial charge in [0.25, 0.3) is 0 Å². The number of anilines is 2. The number of para-hydroxylation sites is 1. The highest BCUT2D eigenvalue weighted by molar-refractivity contribution is 5.96. The Labute approximate surface area is 113 Å². The van der Waals surface area contributed by atoms with Crippen molar-refractivity contribution in [2.75, 3.05) is 4.90 Å². The van der Waals surface area contributed by atoms with Gasteiger partial charge in [-0.25, -0.2) is 0 Å². The number of fused-ring (bicyclic) bond motifs is 1. The Morgan fingerprint density at radius 1 is 0.737 bits per heavy atom. The van der Waals surface area contributed by atoms with Gasteiger partial charge in [-0.3, -0.25) is 0 Å². The fourth-order valence-electron chi connectivity index (χ4n) is 2.35. The van der Waals surface area contributed by atoms with Gasteiger partial charge in [0.2, 0.25) is 0 Å². The van der Waals surface area contributed by atoms with Gasteiger partial charge in [0.05, 0.1) is 5.69 Å². The highest BCUT2D eigenvalue weighted by atomic mass is 15.1. The third-order valence-electron chi connectivity index (χ3n) is 3.24. The first kappa shape index (κ1) is 11.5. The Bertz CT molecular complexity index is 696. The van der Waals surface area contributed by atoms with Crippen LogP contribution in [0.2, 0.25) is 0 Å². The van der Waals surface area contributed by atoms with Gasteiger partial charge < -0.3 is 4.90 Å². The molecule has 0 amide bonds. The lowest BCUT2D eigenvalue weighted by atomic mass is 10.1. The first-order valence-electron chi connectivity index (χ1n) is 6.35. The average molecular weight is 245 g/mol. The molecule has 0 heterocycles. The lowest BCUT2D eigenvalue weighted by Crippen LogP contribution is -2.07. The molecule has 92 valence electrons. The number of rotatable bonds is 3. The summed E-state index contributed by atoms with van der Waals surface area (Å²) in [4.78, 5) is 2.11. The molecular weight excluding hydrogens is 230 g/mol. The first-order valence-corrected chi connectivity index (χ1v) is 6.35. The van der Waals surface area contributed by atoms with Gasteiger partial charge in [0.15, 0.2) is 0 Å². The van der Waals surface area contributed by atoms with E-state index in [4.69, 9.17) is 0 Å². The molecule has 1 nitrogen and oxygen atoms in total. The molecule has 0 saturated heterocycles. The molecule has 0 radical (unpaired) electrons. The fraction of sp³-hybridized carbons (Fsp3) is 0. The SMILES string of the molecule is C=CN(c1ccccc1)c1cccc2ccccc12. The smallest absolute Gasteiger partial charge is 0.0533 e. The first-order chi connectivity index (χ1) is 9.40. The maximum absolute atomic E-state index is 3.95. The van der Waals surface area contributed by atoms with Crippen molar-refractivity contribution >= 4 is 22.1 Å². The van der Waals surface area contributed by atoms with E-state index in [1.54, 1.807) is 0 Å². The molecule has 3 aromatic carbocycles. The summed E-state index contributed by atoms with van der Waals surface area (Å²) in [5, 5.41) is 2.47. The molecule has 0 fully saturated rings. The van der Waals surface area contributed by atoms with Crippen LogP contribution in [0.3, 0.4) is 0 Å². The van der Waals surface area contributed by atoms with Gasteiger partial charge in [0, 0.05) is 17.3 Å². The second-order valence-corrected chi connectivity index (χ2v) is 4.39. The predicted molar refractivity (Wildman–Crippen MR) is 82.7 cm³/mol. The summed E-state index contributed by atoms with van der Waals surface area (Å²) >= 11 is 0. The lowest BCUT2D eigenvalue weighted by molar-refractivity contribution is 1.31. The summed E-state index contributed by atoms with van der Waals surface area (Å²) in [6, 6.07) is 25.0. The van der Waals surface area contributed by atoms with E-state index in [2.05, 4.69) is 66.1 Å². The highest BCUT2D eigenvalue weighted by Gasteiger charge is 2.08. The van der Waals surface area contributed by atoms with E-state index in [-0.39, 0.29) is 0 Å². The molecular formula is C18H15N. The lowest BCUT2D eigenvalue weighted by Gasteiger charge is -2.22. The van der Waals surface area contributed by atoms with Gasteiger partial charge in [-0.15, -0.1) is 0 Å². The van der Waals surface area contributed by atoms with Crippen molar-refractivity contribution in [3.05, 3.63) is 85.6 Å². The molecule has 0 saturated carbocycles. The average Bonchev–Trinajstić information content (AvgIpc) is 2.49. The standard InChI is InChI=1S/C18H15N/c1-2-19(16-11-4-3-5-12-16)18-14-8-10-15-9-6-7-13-17(15)18/h2-14H,1H2. The van der Waals surface area contributed by atoms with E-state index < -0.39 is 0 Å². The minimum atomic E-state index is 1.12. The number of hydrogen-bond acceptors (Lipinski definition) is 1. The fourth-order valence-corrected chi connectivity index (χ4v) is 2.35. The molecule has 0 N–H and O–H groups in total. The number of hydrogen-bond donors (Lipinski definition) is 0. The zero-order chi connectivity index (χ0) is 13.1. The van der Waals surface area contributed by atoms with Crippen LogP contribution >= 0.6 is 0 Å². The van der Waals surface area contributed by atoms with Gasteiger partial charge in [0.1, 0.15) is 0 Å². The van der Waals surface area contributed by atoms with Crippen LogP contribution in [-0.4, -0.2) is 0 Å². The molecule has 0 aliphatic rings. The Morgan fingerprint density at radius 2 is 1.42 bits per heavy atom. The summed E-state index contributed by atoms with van der Waals surface area (Å²) in [6.45, 7) is 3.95. The largest absolute Gasteiger partial charge is 0.317 e. The predicted octanol–water partition coefficient (Wildman–Crippen LogP) is 5.12. The molecule has 0 unspecified atom stereocenters. The van der Waals surface area contributed by atoms with Crippen LogP contribution in [0.5, 0.6) is 0 Å². The summed E-state index contributed by atoms with van der Waals surface area (Å²) < 4.78 is 0. The molecule has 0 aromatic heterocycles. The van der Waals surface area contributed by atoms with Crippen molar-refractivity contribution in [1.82, 2.24) is 0 Å². The Kier molecular flexibility index (Phi) is 3.03. The van der Waals surface area contributed by atoms with Crippen molar-refractivity contribution < 1.29 is 0 Å². The van der Waals surface area contributed by atoms with Crippen LogP contribution in [0.25, 0.3) is 10.8 Å². The molecule has 0 aliphatic heterocycles. The molecule has 0 bridgehead atoms. The van der Waals surface area contributed by atoms with Crippen LogP contribution in [0, 0.1) is 0 Å². The Balaban J connectivity index is 2.20. The number of benzene rings is 3. The normalized spacial score (nSPS) is 10.3. The van der Waals surface area contributed by atoms with E-state index in [9.17, 15) is 0 Å². The second kappa shape index (κ2) is 4.99. The molecule has 3 rings (SSSR count). The van der Waals surface area contributed by atoms with Gasteiger partial charge in [-0.05, 0) is 23.6 Å². The number of nitrogens with zero attached hydrogens (tertiary/aromatic N) is 1. The van der Waals surface area contributed by atoms with Crippen molar-refractivity contribution in [1.29, 1.82) is 0 Å². The molecule has 1 heteroatoms. The Morgan fingerprint density at radius 3 is 2.21 bits per heavy atom. The summed E-state index contributed by atoms with van der Waals surface area (Å²) in [5.41, 5.74) is 2.27. The van der Waals surface area contributed by atoms with Crippen LogP contribution in [0.1, 0.15) is 0 Å². The molecule has 19 heavy (non-hydrogen) atoms. The third-order valence-corrected chi connectivity index (χ3v) is 3.24. The second-order valence-electron chi connectivity index (χ2n) is 4.39. The molecule has 3 aromatic rings. The summed E-state index contributed by atoms with van der Waals surface area (Å²) in [7, 11) is 0. The monoisotopic (exact) mass is 245 g/mol. The minimum Gasteiger partial charge on any atom is -0.317 e. The maximum Gasteiger partial charge on any atom is 0.0533 e. The van der Waals surface area contributed by atoms with Gasteiger partial charge >= 0.3 is 0 Å². The Hall–Kier alpha value is -2.54. The molecule has 0 aliphatic carbocycles. The quantitative estimate of drug-likeness (QED) is 0.619. The van der Waals surface area contributed by atoms with E-state index in [1.807, 2.05) is 24.4 Å². The van der Waals surface area contributed by atoms with E-state index in [0.717, 1.165) is 11.4 Å². The van der Waals surface area contributed by atoms with Crippen LogP contribution < -0.4 is 4.90 Å². The van der Waals surface area contributed by atoms with Crippen LogP contribution in [-0.2, 0) is 0 Å². The van der Waals surface area contributed by atoms with E-state index in [0.29, 0.717) is 0 Å². The van der Waals surface area contributed by atoms with Crippen molar-refractivity contribution in [3.8, 4) is 0 Å². The van der Waals surface area contributed by atoms with Crippen molar-refractivity contribution in [2.24, 2.45) is 0 Å². The van der Waals surface area contributed by atoms with Crippen molar-refractivity contribution in [3.63, 3.8) is 0 Å². The van der Waals surface area contributed by atoms with Crippen LogP contribution in [0.4, 0.5) is 11.4 Å². The van der Waals surface area contributed by atoms with Crippen molar-refractivity contribution in [2.45, 2.75) is 0 Å². The zero-order valence-electron chi connectivity index (χ0n) is 10.7. The maximum atomic E-state index is 3.95. The van der Waals surface area contributed by atoms with Gasteiger partial charge in [-0.1, -0.05) is 61.2 Å². The topological polar surface area (TPSA) is 3.24 Å². The molecule has 0 atom stereocenters. The third kappa shape index (κ3) is 2.11. The summed E-state index contributed by atoms with van der Waals surface area (Å²) in [5.74, 6) is 0. The molecule has 0 spiro atoms. The van der Waals surface area contributed by atoms with Crippen LogP contribution in [0.15, 0.2) is 85.6 Å². The van der Waals surface area contributed by atoms with E-state index in [1.165, 1.54) is 10.8 Å². The summed E-state index contributed by atoms with van der Waals surface area (Å²) in [6.07, 6.45) is 1.86. The van der Waals surface area contributed by atoms with E-state index >= 15 is 0 Å². The highest BCUT2D eigenvalue weighted by Crippen LogP contribution is 2.32. The van der Waals surface area contributed by atoms with Gasteiger partial charge in [-0.2, -0.15) is 0 Å². The minimum absolute atomic E-state index is 1.12. The zero-order valence-corrected chi connectivity index (χ0v) is 10.7.